The highest BCUT2D eigenvalue weighted by Gasteiger charge is 2.10. The fourth-order valence-corrected chi connectivity index (χ4v) is 2.10. The average Bonchev–Trinajstić information content (AvgIpc) is 2.84. The van der Waals surface area contributed by atoms with Gasteiger partial charge >= 0.3 is 0 Å². The molecule has 2 aromatic carbocycles. The Morgan fingerprint density at radius 3 is 2.68 bits per heavy atom. The zero-order valence-electron chi connectivity index (χ0n) is 10.3. The van der Waals surface area contributed by atoms with Crippen LogP contribution in [-0.4, -0.2) is 15.6 Å². The lowest BCUT2D eigenvalue weighted by atomic mass is 10.1. The minimum atomic E-state index is 0.0352. The molecule has 19 heavy (non-hydrogen) atoms. The summed E-state index contributed by atoms with van der Waals surface area (Å²) in [5.74, 6) is 0.0352. The van der Waals surface area contributed by atoms with Crippen molar-refractivity contribution in [1.29, 1.82) is 0 Å². The van der Waals surface area contributed by atoms with Gasteiger partial charge in [0.15, 0.2) is 5.78 Å². The molecule has 0 radical (unpaired) electrons. The van der Waals surface area contributed by atoms with Gasteiger partial charge in [0.05, 0.1) is 11.7 Å². The maximum Gasteiger partial charge on any atom is 0.184 e. The van der Waals surface area contributed by atoms with E-state index in [4.69, 9.17) is 5.73 Å². The van der Waals surface area contributed by atoms with Crippen LogP contribution in [0.4, 0.5) is 5.69 Å². The van der Waals surface area contributed by atoms with E-state index in [-0.39, 0.29) is 12.3 Å². The van der Waals surface area contributed by atoms with Gasteiger partial charge in [0.25, 0.3) is 0 Å². The van der Waals surface area contributed by atoms with Crippen molar-refractivity contribution in [3.63, 3.8) is 0 Å². The molecule has 2 N–H and O–H groups in total. The van der Waals surface area contributed by atoms with Crippen LogP contribution in [-0.2, 0) is 6.54 Å². The highest BCUT2D eigenvalue weighted by atomic mass is 16.1. The van der Waals surface area contributed by atoms with Crippen molar-refractivity contribution < 1.29 is 4.79 Å². The summed E-state index contributed by atoms with van der Waals surface area (Å²) in [4.78, 5) is 12.1. The number of hydrogen-bond donors (Lipinski definition) is 1. The lowest BCUT2D eigenvalue weighted by molar-refractivity contribution is 0.0969. The fraction of sp³-hybridized carbons (Fsp3) is 0.0667. The molecule has 1 aromatic heterocycles. The van der Waals surface area contributed by atoms with Crippen molar-refractivity contribution in [2.24, 2.45) is 0 Å². The predicted octanol–water partition coefficient (Wildman–Crippen LogP) is 2.50. The van der Waals surface area contributed by atoms with Crippen molar-refractivity contribution in [1.82, 2.24) is 9.78 Å². The minimum absolute atomic E-state index is 0.0352. The number of benzene rings is 2. The smallest absolute Gasteiger partial charge is 0.184 e. The summed E-state index contributed by atoms with van der Waals surface area (Å²) < 4.78 is 1.68. The maximum atomic E-state index is 12.1. The third-order valence-corrected chi connectivity index (χ3v) is 3.11. The Morgan fingerprint density at radius 1 is 1.11 bits per heavy atom. The van der Waals surface area contributed by atoms with Crippen molar-refractivity contribution in [2.75, 3.05) is 5.73 Å². The van der Waals surface area contributed by atoms with Crippen LogP contribution in [0, 0.1) is 0 Å². The number of hydrogen-bond acceptors (Lipinski definition) is 3. The molecule has 0 aliphatic rings. The SMILES string of the molecule is Nc1cccc2c1cnn2CC(=O)c1ccccc1. The van der Waals surface area contributed by atoms with Gasteiger partial charge in [-0.2, -0.15) is 5.10 Å². The van der Waals surface area contributed by atoms with Crippen LogP contribution in [0.1, 0.15) is 10.4 Å². The van der Waals surface area contributed by atoms with Gasteiger partial charge in [-0.1, -0.05) is 36.4 Å². The Morgan fingerprint density at radius 2 is 1.89 bits per heavy atom. The van der Waals surface area contributed by atoms with Gasteiger partial charge in [0, 0.05) is 16.6 Å². The predicted molar refractivity (Wildman–Crippen MR) is 74.9 cm³/mol. The van der Waals surface area contributed by atoms with Crippen LogP contribution < -0.4 is 5.73 Å². The molecule has 0 spiro atoms. The van der Waals surface area contributed by atoms with Crippen molar-refractivity contribution >= 4 is 22.4 Å². The molecular formula is C15H13N3O. The van der Waals surface area contributed by atoms with E-state index < -0.39 is 0 Å². The Balaban J connectivity index is 1.94. The Kier molecular flexibility index (Phi) is 2.76. The van der Waals surface area contributed by atoms with Crippen molar-refractivity contribution in [3.8, 4) is 0 Å². The molecule has 94 valence electrons. The van der Waals surface area contributed by atoms with Crippen LogP contribution in [0.2, 0.25) is 0 Å². The number of aromatic nitrogens is 2. The Hall–Kier alpha value is -2.62. The summed E-state index contributed by atoms with van der Waals surface area (Å²) in [5.41, 5.74) is 8.12. The summed E-state index contributed by atoms with van der Waals surface area (Å²) in [6.45, 7) is 0.219. The second-order valence-corrected chi connectivity index (χ2v) is 4.37. The summed E-state index contributed by atoms with van der Waals surface area (Å²) in [5, 5.41) is 5.12. The zero-order chi connectivity index (χ0) is 13.2. The van der Waals surface area contributed by atoms with Crippen LogP contribution in [0.3, 0.4) is 0 Å². The number of rotatable bonds is 3. The third kappa shape index (κ3) is 2.08. The fourth-order valence-electron chi connectivity index (χ4n) is 2.10. The van der Waals surface area contributed by atoms with Crippen LogP contribution >= 0.6 is 0 Å². The first-order chi connectivity index (χ1) is 9.25. The summed E-state index contributed by atoms with van der Waals surface area (Å²) >= 11 is 0. The molecule has 1 heterocycles. The molecular weight excluding hydrogens is 238 g/mol. The van der Waals surface area contributed by atoms with E-state index in [2.05, 4.69) is 5.10 Å². The lowest BCUT2D eigenvalue weighted by Gasteiger charge is -2.03. The largest absolute Gasteiger partial charge is 0.398 e. The Bertz CT molecular complexity index is 731. The Labute approximate surface area is 110 Å². The molecule has 0 aliphatic carbocycles. The monoisotopic (exact) mass is 251 g/mol. The lowest BCUT2D eigenvalue weighted by Crippen LogP contribution is -2.11. The number of ketones is 1. The minimum Gasteiger partial charge on any atom is -0.398 e. The molecule has 4 nitrogen and oxygen atoms in total. The normalized spacial score (nSPS) is 10.7. The first-order valence-electron chi connectivity index (χ1n) is 6.04. The molecule has 0 bridgehead atoms. The number of Topliss-reactive ketones (excluding diaryl/α,β-unsaturated/α-hetero) is 1. The number of nitrogen functional groups attached to an aromatic ring is 1. The molecule has 0 aliphatic heterocycles. The van der Waals surface area contributed by atoms with E-state index in [0.29, 0.717) is 11.3 Å². The quantitative estimate of drug-likeness (QED) is 0.574. The second-order valence-electron chi connectivity index (χ2n) is 4.37. The highest BCUT2D eigenvalue weighted by molar-refractivity contribution is 5.97. The van der Waals surface area contributed by atoms with Gasteiger partial charge in [-0.3, -0.25) is 9.48 Å². The number of nitrogens with two attached hydrogens (primary N) is 1. The first kappa shape index (κ1) is 11.5. The average molecular weight is 251 g/mol. The van der Waals surface area contributed by atoms with Crippen LogP contribution in [0.5, 0.6) is 0 Å². The molecule has 3 rings (SSSR count). The van der Waals surface area contributed by atoms with E-state index in [1.165, 1.54) is 0 Å². The number of carbonyl (C=O) groups is 1. The highest BCUT2D eigenvalue weighted by Crippen LogP contribution is 2.20. The molecule has 3 aromatic rings. The molecule has 4 heteroatoms. The van der Waals surface area contributed by atoms with Gasteiger partial charge in [-0.15, -0.1) is 0 Å². The van der Waals surface area contributed by atoms with Crippen molar-refractivity contribution in [2.45, 2.75) is 6.54 Å². The van der Waals surface area contributed by atoms with E-state index in [0.717, 1.165) is 10.9 Å². The second kappa shape index (κ2) is 4.57. The van der Waals surface area contributed by atoms with E-state index in [1.54, 1.807) is 10.9 Å². The topological polar surface area (TPSA) is 60.9 Å². The van der Waals surface area contributed by atoms with Crippen LogP contribution in [0.15, 0.2) is 54.7 Å². The maximum absolute atomic E-state index is 12.1. The molecule has 0 saturated heterocycles. The number of carbonyl (C=O) groups excluding carboxylic acids is 1. The number of nitrogens with zero attached hydrogens (tertiary/aromatic N) is 2. The van der Waals surface area contributed by atoms with E-state index in [1.807, 2.05) is 48.5 Å². The molecule has 0 saturated carbocycles. The van der Waals surface area contributed by atoms with Gasteiger partial charge < -0.3 is 5.73 Å². The van der Waals surface area contributed by atoms with Gasteiger partial charge in [0.2, 0.25) is 0 Å². The number of anilines is 1. The third-order valence-electron chi connectivity index (χ3n) is 3.11. The summed E-state index contributed by atoms with van der Waals surface area (Å²) in [7, 11) is 0. The molecule has 0 amide bonds. The zero-order valence-corrected chi connectivity index (χ0v) is 10.3. The molecule has 0 atom stereocenters. The van der Waals surface area contributed by atoms with Gasteiger partial charge in [0.1, 0.15) is 6.54 Å². The van der Waals surface area contributed by atoms with E-state index >= 15 is 0 Å². The van der Waals surface area contributed by atoms with Crippen LogP contribution in [0.25, 0.3) is 10.9 Å². The number of fused-ring (bicyclic) bond motifs is 1. The van der Waals surface area contributed by atoms with Gasteiger partial charge in [-0.05, 0) is 12.1 Å². The molecule has 0 fully saturated rings. The summed E-state index contributed by atoms with van der Waals surface area (Å²) in [6.07, 6.45) is 1.70. The summed E-state index contributed by atoms with van der Waals surface area (Å²) in [6, 6.07) is 14.8. The van der Waals surface area contributed by atoms with Crippen molar-refractivity contribution in [3.05, 3.63) is 60.3 Å². The molecule has 0 unspecified atom stereocenters. The first-order valence-corrected chi connectivity index (χ1v) is 6.04. The van der Waals surface area contributed by atoms with Gasteiger partial charge in [-0.25, -0.2) is 0 Å². The van der Waals surface area contributed by atoms with E-state index in [9.17, 15) is 4.79 Å². The standard InChI is InChI=1S/C15H13N3O/c16-13-7-4-8-14-12(13)9-17-18(14)10-15(19)11-5-2-1-3-6-11/h1-9H,10,16H2.